The number of rotatable bonds is 17. The van der Waals surface area contributed by atoms with Crippen molar-refractivity contribution >= 4 is 65.1 Å². The van der Waals surface area contributed by atoms with Crippen LogP contribution in [0.5, 0.6) is 11.5 Å². The molecule has 4 aromatic carbocycles. The normalized spacial score (nSPS) is 19.9. The summed E-state index contributed by atoms with van der Waals surface area (Å²) in [6, 6.07) is 25.0. The number of benzene rings is 4. The minimum absolute atomic E-state index is 0. The van der Waals surface area contributed by atoms with Crippen molar-refractivity contribution in [2.75, 3.05) is 164 Å². The average Bonchev–Trinajstić information content (AvgIpc) is 4.10. The zero-order valence-corrected chi connectivity index (χ0v) is 45.8. The van der Waals surface area contributed by atoms with Gasteiger partial charge in [0, 0.05) is 105 Å². The predicted octanol–water partition coefficient (Wildman–Crippen LogP) is 3.94. The van der Waals surface area contributed by atoms with Crippen LogP contribution in [0.25, 0.3) is 0 Å². The molecule has 5 amide bonds. The van der Waals surface area contributed by atoms with E-state index < -0.39 is 29.9 Å². The molecule has 432 valence electrons. The first-order valence-corrected chi connectivity index (χ1v) is 26.9. The van der Waals surface area contributed by atoms with Gasteiger partial charge < -0.3 is 59.1 Å². The smallest absolute Gasteiger partial charge is 0.414 e. The Balaban J connectivity index is 0.000000208. The number of halogens is 3. The fraction of sp³-hybridized carbons (Fsp3) is 0.482. The largest absolute Gasteiger partial charge is 0.484 e. The second-order valence-electron chi connectivity index (χ2n) is 20.1. The molecule has 6 aliphatic rings. The Morgan fingerprint density at radius 2 is 0.975 bits per heavy atom. The van der Waals surface area contributed by atoms with Crippen molar-refractivity contribution in [2.24, 2.45) is 5.73 Å². The molecule has 0 spiro atoms. The van der Waals surface area contributed by atoms with Crippen LogP contribution in [0.4, 0.5) is 41.1 Å². The first-order valence-electron chi connectivity index (χ1n) is 26.9. The van der Waals surface area contributed by atoms with Crippen molar-refractivity contribution < 1.29 is 61.2 Å². The molecular formula is C56H71ClF2N10O11. The number of carbonyl (C=O) groups is 5. The summed E-state index contributed by atoms with van der Waals surface area (Å²) in [7, 11) is 0. The average molecular weight is 1130 g/mol. The second kappa shape index (κ2) is 28.4. The fourth-order valence-electron chi connectivity index (χ4n) is 10.1. The number of nitrogens with one attached hydrogen (secondary N) is 1. The van der Waals surface area contributed by atoms with Crippen LogP contribution in [0.2, 0.25) is 0 Å². The molecule has 24 heteroatoms. The molecule has 0 saturated carbocycles. The summed E-state index contributed by atoms with van der Waals surface area (Å²) in [6.07, 6.45) is -1.99. The quantitative estimate of drug-likeness (QED) is 0.154. The number of cyclic esters (lactones) is 2. The van der Waals surface area contributed by atoms with Gasteiger partial charge in [-0.05, 0) is 71.8 Å². The standard InChI is InChI=1S/C29H36FN5O6.C27H34FN5O5.ClH/c1-21(36)31-17-25-19-35(29(38)41-25)23-4-7-27(26(30)16-23)33-8-10-34(11-9-33)28(37)20-40-24-5-2-22(3-6-24)18-32-12-14-39-15-13-32;28-24-15-21(33-18-23(16-29)38-27(33)35)3-6-25(24)31-7-9-32(10-8-31)26(34)19-37-22-4-1-20(2-5-22)17-30-11-13-36-14-12-30;/h2-7,16,25H,8-15,17-20H2,1H3,(H,31,36);1-6,15,23H,7-14,16-19,29H2;1H/t25-;23-;/m00./s1. The van der Waals surface area contributed by atoms with Crippen LogP contribution in [0.1, 0.15) is 18.1 Å². The van der Waals surface area contributed by atoms with Crippen LogP contribution in [0.15, 0.2) is 84.9 Å². The fourth-order valence-corrected chi connectivity index (χ4v) is 10.1. The third-order valence-corrected chi connectivity index (χ3v) is 14.6. The van der Waals surface area contributed by atoms with Gasteiger partial charge >= 0.3 is 12.2 Å². The topological polar surface area (TPSA) is 205 Å². The lowest BCUT2D eigenvalue weighted by Crippen LogP contribution is -2.50. The molecule has 6 fully saturated rings. The molecule has 0 bridgehead atoms. The monoisotopic (exact) mass is 1130 g/mol. The van der Waals surface area contributed by atoms with Crippen LogP contribution in [0, 0.1) is 11.6 Å². The molecule has 6 heterocycles. The molecule has 0 radical (unpaired) electrons. The summed E-state index contributed by atoms with van der Waals surface area (Å²) in [6.45, 7) is 14.5. The Labute approximate surface area is 470 Å². The molecule has 10 rings (SSSR count). The maximum absolute atomic E-state index is 15.1. The molecule has 0 aliphatic carbocycles. The van der Waals surface area contributed by atoms with Crippen LogP contribution in [-0.2, 0) is 46.4 Å². The molecular weight excluding hydrogens is 1060 g/mol. The highest BCUT2D eigenvalue weighted by atomic mass is 35.5. The first-order chi connectivity index (χ1) is 38.3. The number of anilines is 4. The van der Waals surface area contributed by atoms with Gasteiger partial charge in [-0.3, -0.25) is 34.0 Å². The first kappa shape index (κ1) is 59.1. The Kier molecular flexibility index (Phi) is 21.0. The van der Waals surface area contributed by atoms with E-state index in [0.29, 0.717) is 93.2 Å². The van der Waals surface area contributed by atoms with E-state index in [1.807, 2.05) is 58.3 Å². The molecule has 80 heavy (non-hydrogen) atoms. The maximum atomic E-state index is 15.1. The van der Waals surface area contributed by atoms with E-state index in [1.165, 1.54) is 40.0 Å². The van der Waals surface area contributed by atoms with Crippen molar-refractivity contribution in [1.29, 1.82) is 0 Å². The highest BCUT2D eigenvalue weighted by molar-refractivity contribution is 5.91. The van der Waals surface area contributed by atoms with E-state index in [-0.39, 0.29) is 69.1 Å². The van der Waals surface area contributed by atoms with E-state index in [0.717, 1.165) is 65.7 Å². The minimum atomic E-state index is -0.578. The van der Waals surface area contributed by atoms with E-state index >= 15 is 4.39 Å². The molecule has 6 aliphatic heterocycles. The SMILES string of the molecule is CC(=O)NC[C@H]1CN(c2ccc(N3CCN(C(=O)COc4ccc(CN5CCOCC5)cc4)CC3)c(F)c2)C(=O)O1.Cl.NC[C@H]1CN(c2ccc(N3CCN(C(=O)COc4ccc(CN5CCOCC5)cc4)CC3)c(F)c2)C(=O)O1. The van der Waals surface area contributed by atoms with E-state index in [4.69, 9.17) is 34.2 Å². The summed E-state index contributed by atoms with van der Waals surface area (Å²) in [5, 5.41) is 2.62. The molecule has 0 aromatic heterocycles. The summed E-state index contributed by atoms with van der Waals surface area (Å²) >= 11 is 0. The van der Waals surface area contributed by atoms with Gasteiger partial charge in [0.2, 0.25) is 5.91 Å². The highest BCUT2D eigenvalue weighted by Gasteiger charge is 2.35. The Hall–Kier alpha value is -7.02. The van der Waals surface area contributed by atoms with Crippen molar-refractivity contribution in [3.8, 4) is 11.5 Å². The summed E-state index contributed by atoms with van der Waals surface area (Å²) in [4.78, 5) is 75.6. The van der Waals surface area contributed by atoms with Gasteiger partial charge in [0.15, 0.2) is 13.2 Å². The summed E-state index contributed by atoms with van der Waals surface area (Å²) in [5.41, 5.74) is 9.65. The van der Waals surface area contributed by atoms with E-state index in [1.54, 1.807) is 34.1 Å². The number of ether oxygens (including phenoxy) is 6. The van der Waals surface area contributed by atoms with Gasteiger partial charge in [-0.1, -0.05) is 24.3 Å². The highest BCUT2D eigenvalue weighted by Crippen LogP contribution is 2.31. The van der Waals surface area contributed by atoms with Crippen LogP contribution in [-0.4, -0.2) is 206 Å². The molecule has 6 saturated heterocycles. The minimum Gasteiger partial charge on any atom is -0.484 e. The maximum Gasteiger partial charge on any atom is 0.414 e. The second-order valence-corrected chi connectivity index (χ2v) is 20.1. The van der Waals surface area contributed by atoms with Crippen molar-refractivity contribution in [3.63, 3.8) is 0 Å². The predicted molar refractivity (Wildman–Crippen MR) is 297 cm³/mol. The molecule has 2 atom stereocenters. The Bertz CT molecular complexity index is 2730. The van der Waals surface area contributed by atoms with Crippen molar-refractivity contribution in [2.45, 2.75) is 32.2 Å². The zero-order valence-electron chi connectivity index (χ0n) is 45.0. The Morgan fingerprint density at radius 1 is 0.575 bits per heavy atom. The van der Waals surface area contributed by atoms with Crippen LogP contribution >= 0.6 is 12.4 Å². The number of carbonyl (C=O) groups excluding carboxylic acids is 5. The summed E-state index contributed by atoms with van der Waals surface area (Å²) in [5.74, 6) is -0.00140. The Morgan fingerprint density at radius 3 is 1.35 bits per heavy atom. The molecule has 3 N–H and O–H groups in total. The molecule has 4 aromatic rings. The number of morpholine rings is 2. The number of piperazine rings is 2. The van der Waals surface area contributed by atoms with Gasteiger partial charge in [0.25, 0.3) is 11.8 Å². The van der Waals surface area contributed by atoms with Crippen molar-refractivity contribution in [1.82, 2.24) is 24.9 Å². The summed E-state index contributed by atoms with van der Waals surface area (Å²) < 4.78 is 62.7. The van der Waals surface area contributed by atoms with Gasteiger partial charge in [0.05, 0.1) is 68.8 Å². The van der Waals surface area contributed by atoms with Crippen LogP contribution in [0.3, 0.4) is 0 Å². The van der Waals surface area contributed by atoms with E-state index in [2.05, 4.69) is 15.1 Å². The van der Waals surface area contributed by atoms with Gasteiger partial charge in [-0.15, -0.1) is 12.4 Å². The number of nitrogens with two attached hydrogens (primary N) is 1. The van der Waals surface area contributed by atoms with Gasteiger partial charge in [-0.2, -0.15) is 0 Å². The van der Waals surface area contributed by atoms with Crippen LogP contribution < -0.4 is 40.1 Å². The van der Waals surface area contributed by atoms with Crippen molar-refractivity contribution in [3.05, 3.63) is 108 Å². The lowest BCUT2D eigenvalue weighted by atomic mass is 10.2. The van der Waals surface area contributed by atoms with Gasteiger partial charge in [-0.25, -0.2) is 18.4 Å². The number of hydrogen-bond acceptors (Lipinski definition) is 16. The number of nitrogens with zero attached hydrogens (tertiary/aromatic N) is 8. The third-order valence-electron chi connectivity index (χ3n) is 14.6. The van der Waals surface area contributed by atoms with E-state index in [9.17, 15) is 28.4 Å². The number of hydrogen-bond donors (Lipinski definition) is 2. The molecule has 21 nitrogen and oxygen atoms in total. The molecule has 0 unspecified atom stereocenters. The lowest BCUT2D eigenvalue weighted by molar-refractivity contribution is -0.134. The number of amides is 5. The van der Waals surface area contributed by atoms with Gasteiger partial charge in [0.1, 0.15) is 35.3 Å². The zero-order chi connectivity index (χ0) is 55.3. The third kappa shape index (κ3) is 15.9. The lowest BCUT2D eigenvalue weighted by Gasteiger charge is -2.36.